The number of ether oxygens (including phenoxy) is 1. The van der Waals surface area contributed by atoms with E-state index in [9.17, 15) is 5.11 Å². The molecule has 3 nitrogen and oxygen atoms in total. The summed E-state index contributed by atoms with van der Waals surface area (Å²) >= 11 is 0. The summed E-state index contributed by atoms with van der Waals surface area (Å²) in [5.74, 6) is 0. The number of rotatable bonds is 20. The zero-order valence-electron chi connectivity index (χ0n) is 18.6. The molecule has 0 aromatic carbocycles. The Morgan fingerprint density at radius 1 is 0.654 bits per heavy atom. The third-order valence-corrected chi connectivity index (χ3v) is 6.06. The van der Waals surface area contributed by atoms with Crippen molar-refractivity contribution in [2.45, 2.75) is 111 Å². The van der Waals surface area contributed by atoms with Crippen LogP contribution < -0.4 is 0 Å². The van der Waals surface area contributed by atoms with Crippen LogP contribution in [0.2, 0.25) is 0 Å². The molecular weight excluding hydrogens is 322 g/mol. The zero-order valence-corrected chi connectivity index (χ0v) is 18.6. The van der Waals surface area contributed by atoms with Crippen LogP contribution in [0.3, 0.4) is 0 Å². The summed E-state index contributed by atoms with van der Waals surface area (Å²) in [6.45, 7) is 14.3. The van der Waals surface area contributed by atoms with Gasteiger partial charge in [0.15, 0.2) is 0 Å². The molecule has 0 aliphatic rings. The van der Waals surface area contributed by atoms with Crippen molar-refractivity contribution in [1.29, 1.82) is 0 Å². The van der Waals surface area contributed by atoms with Gasteiger partial charge < -0.3 is 14.3 Å². The van der Waals surface area contributed by atoms with E-state index < -0.39 is 0 Å². The van der Waals surface area contributed by atoms with Gasteiger partial charge in [0, 0.05) is 6.61 Å². The van der Waals surface area contributed by atoms with Crippen molar-refractivity contribution in [3.63, 3.8) is 0 Å². The minimum absolute atomic E-state index is 0.327. The number of likely N-dealkylation sites (N-methyl/N-ethyl adjacent to an activating group) is 1. The van der Waals surface area contributed by atoms with E-state index in [0.717, 1.165) is 43.7 Å². The van der Waals surface area contributed by atoms with Gasteiger partial charge in [-0.3, -0.25) is 0 Å². The first kappa shape index (κ1) is 25.9. The molecule has 0 aromatic heterocycles. The summed E-state index contributed by atoms with van der Waals surface area (Å²) < 4.78 is 6.70. The van der Waals surface area contributed by atoms with E-state index in [1.807, 2.05) is 0 Å². The predicted octanol–water partition coefficient (Wildman–Crippen LogP) is 5.94. The summed E-state index contributed by atoms with van der Waals surface area (Å²) in [5.41, 5.74) is 0. The highest BCUT2D eigenvalue weighted by Gasteiger charge is 2.24. The number of quaternary nitrogens is 1. The van der Waals surface area contributed by atoms with E-state index in [1.54, 1.807) is 0 Å². The summed E-state index contributed by atoms with van der Waals surface area (Å²) in [7, 11) is 0. The maximum absolute atomic E-state index is 10.2. The van der Waals surface area contributed by atoms with Crippen molar-refractivity contribution in [3.05, 3.63) is 0 Å². The number of nitrogens with zero attached hydrogens (tertiary/aromatic N) is 1. The Morgan fingerprint density at radius 2 is 1.08 bits per heavy atom. The molecule has 0 amide bonds. The van der Waals surface area contributed by atoms with Gasteiger partial charge in [-0.1, -0.05) is 77.6 Å². The fraction of sp³-hybridized carbons (Fsp3) is 1.00. The van der Waals surface area contributed by atoms with Crippen LogP contribution >= 0.6 is 0 Å². The van der Waals surface area contributed by atoms with Gasteiger partial charge in [-0.05, 0) is 27.2 Å². The Morgan fingerprint density at radius 3 is 1.50 bits per heavy atom. The number of hydrogen-bond donors (Lipinski definition) is 1. The SMILES string of the molecule is CCCCCCCCCCCCCCOCC(O)C[N+](CC)(CC)CC. The molecule has 0 fully saturated rings. The molecule has 0 saturated carbocycles. The topological polar surface area (TPSA) is 29.5 Å². The molecule has 1 N–H and O–H groups in total. The molecule has 0 rings (SSSR count). The van der Waals surface area contributed by atoms with Crippen molar-refractivity contribution in [2.75, 3.05) is 39.4 Å². The van der Waals surface area contributed by atoms with Gasteiger partial charge >= 0.3 is 0 Å². The van der Waals surface area contributed by atoms with Crippen molar-refractivity contribution in [3.8, 4) is 0 Å². The molecule has 0 radical (unpaired) electrons. The lowest BCUT2D eigenvalue weighted by Gasteiger charge is -2.37. The predicted molar refractivity (Wildman–Crippen MR) is 115 cm³/mol. The van der Waals surface area contributed by atoms with Gasteiger partial charge in [0.05, 0.1) is 26.2 Å². The first-order chi connectivity index (χ1) is 12.6. The largest absolute Gasteiger partial charge is 0.385 e. The van der Waals surface area contributed by atoms with E-state index in [4.69, 9.17) is 4.74 Å². The second-order valence-corrected chi connectivity index (χ2v) is 8.09. The molecule has 0 heterocycles. The van der Waals surface area contributed by atoms with E-state index in [1.165, 1.54) is 70.6 Å². The van der Waals surface area contributed by atoms with Crippen LogP contribution in [0, 0.1) is 0 Å². The summed E-state index contributed by atoms with van der Waals surface area (Å²) in [5, 5.41) is 10.2. The molecule has 0 aliphatic carbocycles. The maximum Gasteiger partial charge on any atom is 0.126 e. The lowest BCUT2D eigenvalue weighted by Crippen LogP contribution is -2.52. The Labute approximate surface area is 165 Å². The summed E-state index contributed by atoms with van der Waals surface area (Å²) in [6.07, 6.45) is 16.1. The van der Waals surface area contributed by atoms with Gasteiger partial charge in [0.2, 0.25) is 0 Å². The molecule has 1 unspecified atom stereocenters. The first-order valence-electron chi connectivity index (χ1n) is 11.7. The molecule has 0 aromatic rings. The van der Waals surface area contributed by atoms with Gasteiger partial charge in [0.1, 0.15) is 12.6 Å². The highest BCUT2D eigenvalue weighted by molar-refractivity contribution is 4.54. The van der Waals surface area contributed by atoms with Crippen LogP contribution in [0.4, 0.5) is 0 Å². The molecule has 0 bridgehead atoms. The standard InChI is InChI=1S/C23H50NO2/c1-5-9-10-11-12-13-14-15-16-17-18-19-20-26-22-23(25)21-24(6-2,7-3)8-4/h23,25H,5-22H2,1-4H3/q+1. The molecule has 3 heteroatoms. The van der Waals surface area contributed by atoms with Crippen molar-refractivity contribution < 1.29 is 14.3 Å². The lowest BCUT2D eigenvalue weighted by molar-refractivity contribution is -0.926. The van der Waals surface area contributed by atoms with Gasteiger partial charge in [0.25, 0.3) is 0 Å². The molecular formula is C23H50NO2+. The molecule has 1 atom stereocenters. The average molecular weight is 373 g/mol. The Hall–Kier alpha value is -0.120. The zero-order chi connectivity index (χ0) is 19.5. The summed E-state index contributed by atoms with van der Waals surface area (Å²) in [4.78, 5) is 0. The van der Waals surface area contributed by atoms with Crippen molar-refractivity contribution >= 4 is 0 Å². The lowest BCUT2D eigenvalue weighted by atomic mass is 10.1. The average Bonchev–Trinajstić information content (AvgIpc) is 2.66. The third-order valence-electron chi connectivity index (χ3n) is 6.06. The highest BCUT2D eigenvalue weighted by atomic mass is 16.5. The highest BCUT2D eigenvalue weighted by Crippen LogP contribution is 2.12. The molecule has 0 saturated heterocycles. The number of aliphatic hydroxyl groups is 1. The van der Waals surface area contributed by atoms with Gasteiger partial charge in [-0.15, -0.1) is 0 Å². The fourth-order valence-electron chi connectivity index (χ4n) is 3.82. The Bertz CT molecular complexity index is 271. The van der Waals surface area contributed by atoms with E-state index in [-0.39, 0.29) is 6.10 Å². The second-order valence-electron chi connectivity index (χ2n) is 8.09. The monoisotopic (exact) mass is 372 g/mol. The van der Waals surface area contributed by atoms with Crippen LogP contribution in [-0.2, 0) is 4.74 Å². The van der Waals surface area contributed by atoms with Gasteiger partial charge in [-0.25, -0.2) is 0 Å². The van der Waals surface area contributed by atoms with E-state index in [2.05, 4.69) is 27.7 Å². The minimum atomic E-state index is -0.327. The molecule has 158 valence electrons. The van der Waals surface area contributed by atoms with Crippen LogP contribution in [0.25, 0.3) is 0 Å². The normalized spacial score (nSPS) is 13.3. The number of unbranched alkanes of at least 4 members (excludes halogenated alkanes) is 11. The molecule has 26 heavy (non-hydrogen) atoms. The molecule has 0 aliphatic heterocycles. The van der Waals surface area contributed by atoms with Crippen LogP contribution in [0.5, 0.6) is 0 Å². The first-order valence-corrected chi connectivity index (χ1v) is 11.7. The van der Waals surface area contributed by atoms with E-state index in [0.29, 0.717) is 6.61 Å². The van der Waals surface area contributed by atoms with Crippen LogP contribution in [0.1, 0.15) is 105 Å². The smallest absolute Gasteiger partial charge is 0.126 e. The Balaban J connectivity index is 3.38. The van der Waals surface area contributed by atoms with Crippen LogP contribution in [-0.4, -0.2) is 55.1 Å². The van der Waals surface area contributed by atoms with Crippen molar-refractivity contribution in [1.82, 2.24) is 0 Å². The fourth-order valence-corrected chi connectivity index (χ4v) is 3.82. The third kappa shape index (κ3) is 14.0. The quantitative estimate of drug-likeness (QED) is 0.212. The Kier molecular flexibility index (Phi) is 18.2. The summed E-state index contributed by atoms with van der Waals surface area (Å²) in [6, 6.07) is 0. The van der Waals surface area contributed by atoms with Crippen molar-refractivity contribution in [2.24, 2.45) is 0 Å². The minimum Gasteiger partial charge on any atom is -0.385 e. The molecule has 0 spiro atoms. The maximum atomic E-state index is 10.2. The van der Waals surface area contributed by atoms with E-state index >= 15 is 0 Å². The number of aliphatic hydroxyl groups excluding tert-OH is 1. The van der Waals surface area contributed by atoms with Crippen LogP contribution in [0.15, 0.2) is 0 Å². The number of hydrogen-bond acceptors (Lipinski definition) is 2. The van der Waals surface area contributed by atoms with Gasteiger partial charge in [-0.2, -0.15) is 0 Å². The second kappa shape index (κ2) is 18.3.